The molecule has 1 rings (SSSR count). The summed E-state index contributed by atoms with van der Waals surface area (Å²) in [5.41, 5.74) is 2.39. The van der Waals surface area contributed by atoms with Crippen LogP contribution < -0.4 is 10.1 Å². The number of esters is 1. The molecule has 1 aromatic rings. The molecule has 0 amide bonds. The molecule has 0 aliphatic carbocycles. The number of rotatable bonds is 9. The lowest BCUT2D eigenvalue weighted by Gasteiger charge is -2.13. The summed E-state index contributed by atoms with van der Waals surface area (Å²) in [6.07, 6.45) is 2.18. The number of carbonyl (C=O) groups is 1. The van der Waals surface area contributed by atoms with Gasteiger partial charge in [-0.3, -0.25) is 4.79 Å². The molecular formula is C16H25NO3. The van der Waals surface area contributed by atoms with Gasteiger partial charge in [0.2, 0.25) is 0 Å². The van der Waals surface area contributed by atoms with E-state index in [1.807, 2.05) is 12.1 Å². The zero-order chi connectivity index (χ0) is 14.8. The van der Waals surface area contributed by atoms with Crippen LogP contribution in [0.2, 0.25) is 0 Å². The third-order valence-corrected chi connectivity index (χ3v) is 2.97. The van der Waals surface area contributed by atoms with Crippen molar-refractivity contribution in [1.82, 2.24) is 5.32 Å². The van der Waals surface area contributed by atoms with Crippen LogP contribution in [0.15, 0.2) is 18.2 Å². The summed E-state index contributed by atoms with van der Waals surface area (Å²) >= 11 is 0. The van der Waals surface area contributed by atoms with Crippen molar-refractivity contribution in [2.45, 2.75) is 39.7 Å². The Hall–Kier alpha value is -1.55. The topological polar surface area (TPSA) is 47.6 Å². The van der Waals surface area contributed by atoms with Crippen molar-refractivity contribution in [1.29, 1.82) is 0 Å². The second kappa shape index (κ2) is 9.37. The molecule has 0 spiro atoms. The molecule has 0 aliphatic heterocycles. The quantitative estimate of drug-likeness (QED) is 0.558. The van der Waals surface area contributed by atoms with Gasteiger partial charge in [-0.15, -0.1) is 0 Å². The molecule has 0 fully saturated rings. The highest BCUT2D eigenvalue weighted by atomic mass is 16.5. The lowest BCUT2D eigenvalue weighted by molar-refractivity contribution is -0.140. The van der Waals surface area contributed by atoms with Gasteiger partial charge in [-0.25, -0.2) is 0 Å². The van der Waals surface area contributed by atoms with Crippen LogP contribution in [0.4, 0.5) is 0 Å². The Kier molecular flexibility index (Phi) is 7.73. The fourth-order valence-corrected chi connectivity index (χ4v) is 1.89. The predicted octanol–water partition coefficient (Wildman–Crippen LogP) is 2.83. The van der Waals surface area contributed by atoms with E-state index in [1.165, 1.54) is 12.7 Å². The van der Waals surface area contributed by atoms with Gasteiger partial charge in [-0.05, 0) is 32.4 Å². The Bertz CT molecular complexity index is 418. The number of carbonyl (C=O) groups excluding carboxylic acids is 1. The Morgan fingerprint density at radius 2 is 2.15 bits per heavy atom. The van der Waals surface area contributed by atoms with Gasteiger partial charge >= 0.3 is 5.97 Å². The number of benzene rings is 1. The van der Waals surface area contributed by atoms with Crippen molar-refractivity contribution in [2.24, 2.45) is 0 Å². The lowest BCUT2D eigenvalue weighted by atomic mass is 10.1. The van der Waals surface area contributed by atoms with Gasteiger partial charge in [0.15, 0.2) is 0 Å². The molecule has 0 saturated heterocycles. The average molecular weight is 279 g/mol. The molecule has 0 atom stereocenters. The maximum atomic E-state index is 11.0. The smallest absolute Gasteiger partial charge is 0.305 e. The summed E-state index contributed by atoms with van der Waals surface area (Å²) in [5.74, 6) is 0.700. The molecule has 4 nitrogen and oxygen atoms in total. The first-order valence-electron chi connectivity index (χ1n) is 7.17. The number of hydrogen-bond acceptors (Lipinski definition) is 4. The van der Waals surface area contributed by atoms with Gasteiger partial charge < -0.3 is 14.8 Å². The first-order chi connectivity index (χ1) is 9.67. The van der Waals surface area contributed by atoms with E-state index in [0.29, 0.717) is 19.4 Å². The van der Waals surface area contributed by atoms with Crippen LogP contribution >= 0.6 is 0 Å². The van der Waals surface area contributed by atoms with Crippen LogP contribution in [0.1, 0.15) is 37.3 Å². The van der Waals surface area contributed by atoms with E-state index in [4.69, 9.17) is 4.74 Å². The molecule has 0 saturated carbocycles. The monoisotopic (exact) mass is 279 g/mol. The highest BCUT2D eigenvalue weighted by molar-refractivity contribution is 5.69. The minimum atomic E-state index is -0.192. The van der Waals surface area contributed by atoms with E-state index in [1.54, 1.807) is 0 Å². The van der Waals surface area contributed by atoms with Gasteiger partial charge in [0.05, 0.1) is 13.7 Å². The minimum absolute atomic E-state index is 0.192. The Morgan fingerprint density at radius 3 is 2.85 bits per heavy atom. The third kappa shape index (κ3) is 6.06. The molecule has 0 aromatic heterocycles. The third-order valence-electron chi connectivity index (χ3n) is 2.97. The standard InChI is InChI=1S/C16H25NO3/c1-4-9-17-12-14-11-13(2)7-8-15(14)20-10-5-6-16(18)19-3/h7-8,11,17H,4-6,9-10,12H2,1-3H3. The number of methoxy groups -OCH3 is 1. The maximum absolute atomic E-state index is 11.0. The van der Waals surface area contributed by atoms with Gasteiger partial charge in [0.1, 0.15) is 5.75 Å². The normalized spacial score (nSPS) is 10.3. The van der Waals surface area contributed by atoms with Crippen LogP contribution in [0.3, 0.4) is 0 Å². The Labute approximate surface area is 121 Å². The van der Waals surface area contributed by atoms with E-state index >= 15 is 0 Å². The zero-order valence-electron chi connectivity index (χ0n) is 12.7. The fraction of sp³-hybridized carbons (Fsp3) is 0.562. The summed E-state index contributed by atoms with van der Waals surface area (Å²) in [6, 6.07) is 6.17. The van der Waals surface area contributed by atoms with E-state index in [0.717, 1.165) is 30.8 Å². The van der Waals surface area contributed by atoms with Crippen LogP contribution in [0.25, 0.3) is 0 Å². The molecule has 0 bridgehead atoms. The summed E-state index contributed by atoms with van der Waals surface area (Å²) in [6.45, 7) is 6.55. The molecule has 4 heteroatoms. The summed E-state index contributed by atoms with van der Waals surface area (Å²) in [7, 11) is 1.40. The minimum Gasteiger partial charge on any atom is -0.493 e. The summed E-state index contributed by atoms with van der Waals surface area (Å²) in [5, 5.41) is 3.38. The maximum Gasteiger partial charge on any atom is 0.305 e. The van der Waals surface area contributed by atoms with Gasteiger partial charge in [-0.2, -0.15) is 0 Å². The molecule has 0 radical (unpaired) electrons. The van der Waals surface area contributed by atoms with Crippen molar-refractivity contribution >= 4 is 5.97 Å². The zero-order valence-corrected chi connectivity index (χ0v) is 12.7. The predicted molar refractivity (Wildman–Crippen MR) is 79.9 cm³/mol. The molecule has 0 heterocycles. The van der Waals surface area contributed by atoms with Crippen molar-refractivity contribution in [2.75, 3.05) is 20.3 Å². The molecule has 20 heavy (non-hydrogen) atoms. The van der Waals surface area contributed by atoms with Crippen molar-refractivity contribution in [3.63, 3.8) is 0 Å². The largest absolute Gasteiger partial charge is 0.493 e. The highest BCUT2D eigenvalue weighted by Gasteiger charge is 2.05. The summed E-state index contributed by atoms with van der Waals surface area (Å²) < 4.78 is 10.4. The number of hydrogen-bond donors (Lipinski definition) is 1. The van der Waals surface area contributed by atoms with Crippen LogP contribution in [0, 0.1) is 6.92 Å². The van der Waals surface area contributed by atoms with Crippen molar-refractivity contribution in [3.05, 3.63) is 29.3 Å². The highest BCUT2D eigenvalue weighted by Crippen LogP contribution is 2.20. The van der Waals surface area contributed by atoms with E-state index in [9.17, 15) is 4.79 Å². The van der Waals surface area contributed by atoms with E-state index in [-0.39, 0.29) is 5.97 Å². The summed E-state index contributed by atoms with van der Waals surface area (Å²) in [4.78, 5) is 11.0. The van der Waals surface area contributed by atoms with Crippen LogP contribution in [-0.4, -0.2) is 26.2 Å². The lowest BCUT2D eigenvalue weighted by Crippen LogP contribution is -2.15. The molecule has 1 N–H and O–H groups in total. The SMILES string of the molecule is CCCNCc1cc(C)ccc1OCCCC(=O)OC. The van der Waals surface area contributed by atoms with Gasteiger partial charge in [-0.1, -0.05) is 24.6 Å². The Morgan fingerprint density at radius 1 is 1.35 bits per heavy atom. The first-order valence-corrected chi connectivity index (χ1v) is 7.17. The molecule has 112 valence electrons. The molecule has 0 unspecified atom stereocenters. The van der Waals surface area contributed by atoms with Crippen molar-refractivity contribution in [3.8, 4) is 5.75 Å². The molecule has 1 aromatic carbocycles. The van der Waals surface area contributed by atoms with Crippen LogP contribution in [-0.2, 0) is 16.1 Å². The fourth-order valence-electron chi connectivity index (χ4n) is 1.89. The van der Waals surface area contributed by atoms with Crippen LogP contribution in [0.5, 0.6) is 5.75 Å². The number of aryl methyl sites for hydroxylation is 1. The first kappa shape index (κ1) is 16.5. The second-order valence-electron chi connectivity index (χ2n) is 4.82. The second-order valence-corrected chi connectivity index (χ2v) is 4.82. The van der Waals surface area contributed by atoms with Gasteiger partial charge in [0.25, 0.3) is 0 Å². The number of nitrogens with one attached hydrogen (secondary N) is 1. The van der Waals surface area contributed by atoms with E-state index < -0.39 is 0 Å². The molecule has 0 aliphatic rings. The molecular weight excluding hydrogens is 254 g/mol. The average Bonchev–Trinajstić information content (AvgIpc) is 2.45. The van der Waals surface area contributed by atoms with Crippen molar-refractivity contribution < 1.29 is 14.3 Å². The van der Waals surface area contributed by atoms with Gasteiger partial charge in [0, 0.05) is 18.5 Å². The number of ether oxygens (including phenoxy) is 2. The van der Waals surface area contributed by atoms with E-state index in [2.05, 4.69) is 30.0 Å². The Balaban J connectivity index is 2.48.